The molecule has 3 rings (SSSR count). The van der Waals surface area contributed by atoms with E-state index in [2.05, 4.69) is 15.6 Å². The number of carbonyl (C=O) groups is 1. The second-order valence-corrected chi connectivity index (χ2v) is 8.73. The number of imidazole rings is 1. The first-order chi connectivity index (χ1) is 11.3. The molecular formula is C16H24Cl2N4O3S. The minimum absolute atomic E-state index is 0. The van der Waals surface area contributed by atoms with E-state index in [4.69, 9.17) is 0 Å². The monoisotopic (exact) mass is 422 g/mol. The fraction of sp³-hybridized carbons (Fsp3) is 0.500. The zero-order valence-electron chi connectivity index (χ0n) is 14.7. The number of pyridine rings is 1. The Kier molecular flexibility index (Phi) is 7.47. The van der Waals surface area contributed by atoms with Crippen molar-refractivity contribution in [1.82, 2.24) is 20.0 Å². The van der Waals surface area contributed by atoms with E-state index in [1.165, 1.54) is 0 Å². The number of nitrogens with one attached hydrogen (secondary N) is 2. The molecule has 146 valence electrons. The van der Waals surface area contributed by atoms with Crippen LogP contribution in [0.3, 0.4) is 0 Å². The summed E-state index contributed by atoms with van der Waals surface area (Å²) in [4.78, 5) is 17.1. The number of aryl methyl sites for hydroxylation is 1. The first kappa shape index (κ1) is 22.7. The van der Waals surface area contributed by atoms with Gasteiger partial charge in [0.1, 0.15) is 5.65 Å². The van der Waals surface area contributed by atoms with Crippen LogP contribution in [-0.4, -0.2) is 47.8 Å². The number of halogens is 2. The molecule has 26 heavy (non-hydrogen) atoms. The maximum absolute atomic E-state index is 12.7. The molecule has 2 N–H and O–H groups in total. The molecule has 0 bridgehead atoms. The highest BCUT2D eigenvalue weighted by Gasteiger charge is 2.48. The van der Waals surface area contributed by atoms with Gasteiger partial charge in [0.15, 0.2) is 14.6 Å². The van der Waals surface area contributed by atoms with Crippen LogP contribution in [-0.2, 0) is 21.2 Å². The number of hydrogen-bond acceptors (Lipinski definition) is 5. The third-order valence-corrected chi connectivity index (χ3v) is 6.64. The number of nitrogens with zero attached hydrogens (tertiary/aromatic N) is 2. The molecule has 0 aromatic carbocycles. The van der Waals surface area contributed by atoms with E-state index >= 15 is 0 Å². The second-order valence-electron chi connectivity index (χ2n) is 6.40. The van der Waals surface area contributed by atoms with Gasteiger partial charge >= 0.3 is 0 Å². The fourth-order valence-electron chi connectivity index (χ4n) is 3.15. The largest absolute Gasteiger partial charge is 0.349 e. The van der Waals surface area contributed by atoms with Crippen LogP contribution >= 0.6 is 24.8 Å². The normalized spacial score (nSPS) is 16.4. The lowest BCUT2D eigenvalue weighted by Crippen LogP contribution is -2.57. The Bertz CT molecular complexity index is 877. The molecule has 3 heterocycles. The topological polar surface area (TPSA) is 92.6 Å². The standard InChI is InChI=1S/C16H22N4O3S.2ClH/c1-12-3-8-20-11-13(19-14(20)9-12)10-18-15(21)16(24(2,22)23)4-6-17-7-5-16;;/h3,8-9,11,17H,4-7,10H2,1-2H3,(H,18,21);2*1H. The molecular weight excluding hydrogens is 399 g/mol. The molecule has 10 heteroatoms. The van der Waals surface area contributed by atoms with Gasteiger partial charge in [-0.05, 0) is 50.6 Å². The van der Waals surface area contributed by atoms with E-state index in [0.717, 1.165) is 17.5 Å². The van der Waals surface area contributed by atoms with Gasteiger partial charge in [-0.1, -0.05) is 0 Å². The van der Waals surface area contributed by atoms with E-state index in [0.29, 0.717) is 31.6 Å². The van der Waals surface area contributed by atoms with Crippen LogP contribution in [0.15, 0.2) is 24.5 Å². The first-order valence-electron chi connectivity index (χ1n) is 7.95. The minimum Gasteiger partial charge on any atom is -0.349 e. The number of sulfone groups is 1. The average molecular weight is 423 g/mol. The fourth-order valence-corrected chi connectivity index (χ4v) is 4.50. The smallest absolute Gasteiger partial charge is 0.241 e. The summed E-state index contributed by atoms with van der Waals surface area (Å²) in [6.45, 7) is 3.25. The Morgan fingerprint density at radius 1 is 1.35 bits per heavy atom. The summed E-state index contributed by atoms with van der Waals surface area (Å²) >= 11 is 0. The van der Waals surface area contributed by atoms with Crippen molar-refractivity contribution >= 4 is 46.2 Å². The van der Waals surface area contributed by atoms with Crippen molar-refractivity contribution < 1.29 is 13.2 Å². The van der Waals surface area contributed by atoms with Crippen molar-refractivity contribution in [2.75, 3.05) is 19.3 Å². The zero-order valence-corrected chi connectivity index (χ0v) is 17.1. The third-order valence-electron chi connectivity index (χ3n) is 4.63. The molecule has 1 aliphatic heterocycles. The molecule has 0 spiro atoms. The van der Waals surface area contributed by atoms with Gasteiger partial charge in [0.2, 0.25) is 5.91 Å². The molecule has 1 aliphatic rings. The number of amides is 1. The van der Waals surface area contributed by atoms with Crippen molar-refractivity contribution in [2.24, 2.45) is 0 Å². The number of carbonyl (C=O) groups excluding carboxylic acids is 1. The van der Waals surface area contributed by atoms with Crippen LogP contribution in [0, 0.1) is 6.92 Å². The molecule has 0 radical (unpaired) electrons. The molecule has 1 fully saturated rings. The van der Waals surface area contributed by atoms with Crippen LogP contribution in [0.4, 0.5) is 0 Å². The number of piperidine rings is 1. The van der Waals surface area contributed by atoms with Crippen LogP contribution in [0.25, 0.3) is 5.65 Å². The Balaban J connectivity index is 0.00000169. The highest BCUT2D eigenvalue weighted by atomic mass is 35.5. The molecule has 0 atom stereocenters. The van der Waals surface area contributed by atoms with Crippen molar-refractivity contribution in [3.05, 3.63) is 35.8 Å². The SMILES string of the molecule is Cc1ccn2cc(CNC(=O)C3(S(C)(=O)=O)CCNCC3)nc2c1.Cl.Cl. The average Bonchev–Trinajstić information content (AvgIpc) is 2.94. The third kappa shape index (κ3) is 4.31. The quantitative estimate of drug-likeness (QED) is 0.773. The van der Waals surface area contributed by atoms with Gasteiger partial charge in [-0.15, -0.1) is 24.8 Å². The van der Waals surface area contributed by atoms with E-state index in [1.807, 2.05) is 35.9 Å². The number of aromatic nitrogens is 2. The summed E-state index contributed by atoms with van der Waals surface area (Å²) in [6, 6.07) is 3.93. The van der Waals surface area contributed by atoms with Gasteiger partial charge in [0, 0.05) is 18.6 Å². The Labute approximate surface area is 165 Å². The number of fused-ring (bicyclic) bond motifs is 1. The van der Waals surface area contributed by atoms with E-state index in [1.54, 1.807) is 0 Å². The number of hydrogen-bond donors (Lipinski definition) is 2. The van der Waals surface area contributed by atoms with Crippen LogP contribution in [0.1, 0.15) is 24.1 Å². The van der Waals surface area contributed by atoms with E-state index < -0.39 is 20.5 Å². The predicted molar refractivity (Wildman–Crippen MR) is 106 cm³/mol. The van der Waals surface area contributed by atoms with Gasteiger partial charge in [-0.2, -0.15) is 0 Å². The zero-order chi connectivity index (χ0) is 17.4. The highest BCUT2D eigenvalue weighted by Crippen LogP contribution is 2.28. The predicted octanol–water partition coefficient (Wildman–Crippen LogP) is 1.27. The van der Waals surface area contributed by atoms with Gasteiger partial charge in [0.05, 0.1) is 12.2 Å². The van der Waals surface area contributed by atoms with Gasteiger partial charge < -0.3 is 15.0 Å². The maximum atomic E-state index is 12.7. The van der Waals surface area contributed by atoms with Gasteiger partial charge in [-0.3, -0.25) is 4.79 Å². The van der Waals surface area contributed by atoms with Crippen molar-refractivity contribution in [2.45, 2.75) is 31.1 Å². The lowest BCUT2D eigenvalue weighted by molar-refractivity contribution is -0.124. The molecule has 2 aromatic rings. The van der Waals surface area contributed by atoms with E-state index in [9.17, 15) is 13.2 Å². The number of rotatable bonds is 4. The maximum Gasteiger partial charge on any atom is 0.241 e. The molecule has 0 unspecified atom stereocenters. The Morgan fingerprint density at radius 3 is 2.62 bits per heavy atom. The summed E-state index contributed by atoms with van der Waals surface area (Å²) in [5, 5.41) is 5.87. The summed E-state index contributed by atoms with van der Waals surface area (Å²) in [5.41, 5.74) is 2.61. The van der Waals surface area contributed by atoms with Crippen molar-refractivity contribution in [3.8, 4) is 0 Å². The first-order valence-corrected chi connectivity index (χ1v) is 9.84. The molecule has 0 aliphatic carbocycles. The van der Waals surface area contributed by atoms with Crippen molar-refractivity contribution in [3.63, 3.8) is 0 Å². The summed E-state index contributed by atoms with van der Waals surface area (Å²) in [7, 11) is -3.50. The second kappa shape index (κ2) is 8.56. The lowest BCUT2D eigenvalue weighted by Gasteiger charge is -2.34. The van der Waals surface area contributed by atoms with Crippen LogP contribution in [0.5, 0.6) is 0 Å². The van der Waals surface area contributed by atoms with Gasteiger partial charge in [0.25, 0.3) is 0 Å². The lowest BCUT2D eigenvalue weighted by atomic mass is 9.96. The summed E-state index contributed by atoms with van der Waals surface area (Å²) < 4.78 is 25.0. The Hall–Kier alpha value is -1.35. The Morgan fingerprint density at radius 2 is 2.00 bits per heavy atom. The van der Waals surface area contributed by atoms with Gasteiger partial charge in [-0.25, -0.2) is 13.4 Å². The highest BCUT2D eigenvalue weighted by molar-refractivity contribution is 7.92. The molecule has 7 nitrogen and oxygen atoms in total. The summed E-state index contributed by atoms with van der Waals surface area (Å²) in [6.07, 6.45) is 5.48. The molecule has 2 aromatic heterocycles. The van der Waals surface area contributed by atoms with Crippen LogP contribution < -0.4 is 10.6 Å². The molecule has 1 amide bonds. The summed E-state index contributed by atoms with van der Waals surface area (Å²) in [5.74, 6) is -0.431. The minimum atomic E-state index is -3.50. The molecule has 0 saturated carbocycles. The van der Waals surface area contributed by atoms with E-state index in [-0.39, 0.29) is 31.4 Å². The molecule has 1 saturated heterocycles. The van der Waals surface area contributed by atoms with Crippen LogP contribution in [0.2, 0.25) is 0 Å². The van der Waals surface area contributed by atoms with Crippen molar-refractivity contribution in [1.29, 1.82) is 0 Å².